The fourth-order valence-electron chi connectivity index (χ4n) is 3.21. The lowest BCUT2D eigenvalue weighted by molar-refractivity contribution is -0.137. The van der Waals surface area contributed by atoms with Crippen molar-refractivity contribution in [1.82, 2.24) is 19.3 Å². The monoisotopic (exact) mass is 473 g/mol. The van der Waals surface area contributed by atoms with E-state index in [4.69, 9.17) is 0 Å². The summed E-state index contributed by atoms with van der Waals surface area (Å²) < 4.78 is 57.3. The maximum atomic E-state index is 14.0. The Hall–Kier alpha value is -3.37. The van der Waals surface area contributed by atoms with Crippen LogP contribution in [0, 0.1) is 5.82 Å². The summed E-state index contributed by atoms with van der Waals surface area (Å²) in [4.78, 5) is 9.27. The van der Waals surface area contributed by atoms with E-state index < -0.39 is 11.7 Å². The molecule has 4 rings (SSSR count). The number of halogens is 4. The molecular weight excluding hydrogens is 454 g/mol. The molecule has 170 valence electrons. The van der Waals surface area contributed by atoms with Gasteiger partial charge in [0, 0.05) is 34.1 Å². The van der Waals surface area contributed by atoms with E-state index in [-0.39, 0.29) is 11.6 Å². The Morgan fingerprint density at radius 1 is 1.03 bits per heavy atom. The van der Waals surface area contributed by atoms with Gasteiger partial charge >= 0.3 is 6.18 Å². The van der Waals surface area contributed by atoms with E-state index in [1.165, 1.54) is 24.1 Å². The Labute approximate surface area is 192 Å². The molecule has 0 saturated carbocycles. The van der Waals surface area contributed by atoms with Crippen LogP contribution in [0.25, 0.3) is 11.3 Å². The fourth-order valence-corrected chi connectivity index (χ4v) is 3.76. The molecule has 2 aromatic carbocycles. The van der Waals surface area contributed by atoms with Crippen molar-refractivity contribution < 1.29 is 17.6 Å². The number of rotatable bonds is 7. The van der Waals surface area contributed by atoms with Gasteiger partial charge < -0.3 is 9.88 Å². The topological polar surface area (TPSA) is 54.8 Å². The van der Waals surface area contributed by atoms with Gasteiger partial charge in [-0.05, 0) is 55.4 Å². The molecule has 33 heavy (non-hydrogen) atoms. The maximum Gasteiger partial charge on any atom is 0.417 e. The van der Waals surface area contributed by atoms with E-state index in [0.29, 0.717) is 23.5 Å². The van der Waals surface area contributed by atoms with Crippen molar-refractivity contribution in [3.8, 4) is 11.3 Å². The van der Waals surface area contributed by atoms with Crippen molar-refractivity contribution in [2.45, 2.75) is 17.6 Å². The second-order valence-electron chi connectivity index (χ2n) is 7.09. The molecule has 0 aliphatic carbocycles. The molecule has 0 unspecified atom stereocenters. The molecule has 0 radical (unpaired) electrons. The van der Waals surface area contributed by atoms with Crippen molar-refractivity contribution in [3.63, 3.8) is 0 Å². The van der Waals surface area contributed by atoms with Crippen LogP contribution in [0.1, 0.15) is 11.1 Å². The Balaban J connectivity index is 1.64. The lowest BCUT2D eigenvalue weighted by Gasteiger charge is -2.13. The van der Waals surface area contributed by atoms with Gasteiger partial charge in [0.2, 0.25) is 0 Å². The minimum atomic E-state index is -4.45. The largest absolute Gasteiger partial charge is 0.417 e. The van der Waals surface area contributed by atoms with Crippen molar-refractivity contribution in [1.29, 1.82) is 0 Å². The molecule has 5 nitrogen and oxygen atoms in total. The Bertz CT molecular complexity index is 1240. The summed E-state index contributed by atoms with van der Waals surface area (Å²) in [5.74, 6) is -0.0278. The first-order valence-electron chi connectivity index (χ1n) is 9.87. The van der Waals surface area contributed by atoms with Gasteiger partial charge in [0.25, 0.3) is 0 Å². The van der Waals surface area contributed by atoms with Gasteiger partial charge in [0.05, 0.1) is 24.1 Å². The summed E-state index contributed by atoms with van der Waals surface area (Å²) in [6.45, 7) is 0.313. The first-order chi connectivity index (χ1) is 15.8. The summed E-state index contributed by atoms with van der Waals surface area (Å²) in [6.07, 6.45) is -0.259. The van der Waals surface area contributed by atoms with Crippen LogP contribution in [0.15, 0.2) is 78.2 Å². The fraction of sp³-hybridized carbons (Fsp3) is 0.130. The van der Waals surface area contributed by atoms with Gasteiger partial charge in [-0.2, -0.15) is 13.2 Å². The second kappa shape index (κ2) is 9.63. The SMILES string of the molecule is CNSc1ccc(Nc2ccc(C(F)(F)F)cn2)c(-c2cn(Cc3ccccc3F)cn2)c1. The molecule has 0 bridgehead atoms. The first kappa shape index (κ1) is 22.8. The predicted molar refractivity (Wildman–Crippen MR) is 121 cm³/mol. The number of imidazole rings is 1. The summed E-state index contributed by atoms with van der Waals surface area (Å²) in [5.41, 5.74) is 1.69. The number of nitrogens with one attached hydrogen (secondary N) is 2. The average Bonchev–Trinajstić information content (AvgIpc) is 3.25. The number of benzene rings is 2. The highest BCUT2D eigenvalue weighted by molar-refractivity contribution is 7.97. The molecule has 0 aliphatic rings. The third-order valence-electron chi connectivity index (χ3n) is 4.78. The lowest BCUT2D eigenvalue weighted by Crippen LogP contribution is -2.06. The maximum absolute atomic E-state index is 14.0. The van der Waals surface area contributed by atoms with Crippen LogP contribution in [0.5, 0.6) is 0 Å². The highest BCUT2D eigenvalue weighted by Gasteiger charge is 2.30. The van der Waals surface area contributed by atoms with E-state index in [2.05, 4.69) is 20.0 Å². The Kier molecular flexibility index (Phi) is 6.66. The summed E-state index contributed by atoms with van der Waals surface area (Å²) in [7, 11) is 1.80. The minimum Gasteiger partial charge on any atom is -0.340 e. The number of hydrogen-bond acceptors (Lipinski definition) is 5. The summed E-state index contributed by atoms with van der Waals surface area (Å²) in [5, 5.41) is 3.07. The molecule has 4 aromatic rings. The zero-order valence-electron chi connectivity index (χ0n) is 17.4. The third-order valence-corrected chi connectivity index (χ3v) is 5.48. The van der Waals surface area contributed by atoms with E-state index in [1.54, 1.807) is 42.3 Å². The first-order valence-corrected chi connectivity index (χ1v) is 10.7. The van der Waals surface area contributed by atoms with Gasteiger partial charge in [0.1, 0.15) is 11.6 Å². The van der Waals surface area contributed by atoms with Crippen LogP contribution < -0.4 is 10.0 Å². The van der Waals surface area contributed by atoms with Gasteiger partial charge in [-0.25, -0.2) is 14.4 Å². The molecule has 2 aromatic heterocycles. The summed E-state index contributed by atoms with van der Waals surface area (Å²) >= 11 is 1.41. The standard InChI is InChI=1S/C23H19F4N5S/c1-28-33-17-7-8-20(31-22-9-6-16(11-29-22)23(25,26)27)18(10-17)21-13-32(14-30-21)12-15-4-2-3-5-19(15)24/h2-11,13-14,28H,12H2,1H3,(H,29,31). The molecular formula is C23H19F4N5S. The lowest BCUT2D eigenvalue weighted by atomic mass is 10.1. The number of alkyl halides is 3. The molecule has 2 N–H and O–H groups in total. The minimum absolute atomic E-state index is 0.268. The third kappa shape index (κ3) is 5.52. The highest BCUT2D eigenvalue weighted by Crippen LogP contribution is 2.34. The van der Waals surface area contributed by atoms with Crippen LogP contribution in [0.2, 0.25) is 0 Å². The van der Waals surface area contributed by atoms with Crippen LogP contribution in [-0.4, -0.2) is 21.6 Å². The molecule has 2 heterocycles. The molecule has 0 amide bonds. The van der Waals surface area contributed by atoms with E-state index in [9.17, 15) is 17.6 Å². The van der Waals surface area contributed by atoms with Crippen LogP contribution in [-0.2, 0) is 12.7 Å². The number of hydrogen-bond donors (Lipinski definition) is 2. The van der Waals surface area contributed by atoms with Crippen molar-refractivity contribution in [2.24, 2.45) is 0 Å². The van der Waals surface area contributed by atoms with Crippen LogP contribution in [0.4, 0.5) is 29.1 Å². The Morgan fingerprint density at radius 3 is 2.55 bits per heavy atom. The normalized spacial score (nSPS) is 11.5. The van der Waals surface area contributed by atoms with Gasteiger partial charge in [-0.1, -0.05) is 18.2 Å². The number of nitrogens with zero attached hydrogens (tertiary/aromatic N) is 3. The van der Waals surface area contributed by atoms with Gasteiger partial charge in [-0.3, -0.25) is 4.72 Å². The highest BCUT2D eigenvalue weighted by atomic mass is 32.2. The average molecular weight is 473 g/mol. The number of anilines is 2. The zero-order valence-corrected chi connectivity index (χ0v) is 18.2. The molecule has 10 heteroatoms. The number of pyridine rings is 1. The number of aromatic nitrogens is 3. The molecule has 0 spiro atoms. The molecule has 0 atom stereocenters. The summed E-state index contributed by atoms with van der Waals surface area (Å²) in [6, 6.07) is 14.4. The van der Waals surface area contributed by atoms with Crippen molar-refractivity contribution >= 4 is 23.5 Å². The quantitative estimate of drug-likeness (QED) is 0.250. The van der Waals surface area contributed by atoms with Crippen LogP contribution in [0.3, 0.4) is 0 Å². The van der Waals surface area contributed by atoms with E-state index in [0.717, 1.165) is 22.7 Å². The molecule has 0 aliphatic heterocycles. The smallest absolute Gasteiger partial charge is 0.340 e. The Morgan fingerprint density at radius 2 is 1.85 bits per heavy atom. The second-order valence-corrected chi connectivity index (χ2v) is 8.17. The van der Waals surface area contributed by atoms with Crippen molar-refractivity contribution in [3.05, 3.63) is 90.3 Å². The van der Waals surface area contributed by atoms with Crippen molar-refractivity contribution in [2.75, 3.05) is 12.4 Å². The van der Waals surface area contributed by atoms with Crippen LogP contribution >= 0.6 is 11.9 Å². The zero-order chi connectivity index (χ0) is 23.4. The van der Waals surface area contributed by atoms with E-state index >= 15 is 0 Å². The molecule has 0 saturated heterocycles. The van der Waals surface area contributed by atoms with Gasteiger partial charge in [0.15, 0.2) is 0 Å². The van der Waals surface area contributed by atoms with Gasteiger partial charge in [-0.15, -0.1) is 0 Å². The molecule has 0 fully saturated rings. The van der Waals surface area contributed by atoms with E-state index in [1.807, 2.05) is 18.2 Å². The predicted octanol–water partition coefficient (Wildman–Crippen LogP) is 6.12.